The SMILES string of the molecule is CN1c2cc(C(C)(C)C)ccc2OCC1C#N. The lowest BCUT2D eigenvalue weighted by molar-refractivity contribution is 0.288. The number of hydrogen-bond donors (Lipinski definition) is 0. The van der Waals surface area contributed by atoms with E-state index in [1.807, 2.05) is 18.0 Å². The quantitative estimate of drug-likeness (QED) is 0.687. The summed E-state index contributed by atoms with van der Waals surface area (Å²) >= 11 is 0. The molecule has 1 unspecified atom stereocenters. The molecule has 2 rings (SSSR count). The summed E-state index contributed by atoms with van der Waals surface area (Å²) in [6.45, 7) is 6.98. The summed E-state index contributed by atoms with van der Waals surface area (Å²) in [7, 11) is 1.95. The normalized spacial score (nSPS) is 19.2. The van der Waals surface area contributed by atoms with Gasteiger partial charge in [-0.05, 0) is 23.1 Å². The van der Waals surface area contributed by atoms with Crippen LogP contribution in [0.1, 0.15) is 26.3 Å². The van der Waals surface area contributed by atoms with Crippen molar-refractivity contribution in [3.05, 3.63) is 23.8 Å². The van der Waals surface area contributed by atoms with Crippen molar-refractivity contribution in [2.75, 3.05) is 18.6 Å². The maximum absolute atomic E-state index is 9.04. The Morgan fingerprint density at radius 3 is 2.71 bits per heavy atom. The number of rotatable bonds is 0. The highest BCUT2D eigenvalue weighted by Crippen LogP contribution is 2.36. The molecular weight excluding hydrogens is 212 g/mol. The first-order valence-corrected chi connectivity index (χ1v) is 5.83. The zero-order chi connectivity index (χ0) is 12.6. The second kappa shape index (κ2) is 3.96. The van der Waals surface area contributed by atoms with E-state index >= 15 is 0 Å². The molecule has 3 nitrogen and oxygen atoms in total. The fraction of sp³-hybridized carbons (Fsp3) is 0.500. The molecule has 90 valence electrons. The van der Waals surface area contributed by atoms with Crippen molar-refractivity contribution in [3.63, 3.8) is 0 Å². The van der Waals surface area contributed by atoms with E-state index < -0.39 is 0 Å². The first kappa shape index (κ1) is 11.8. The molecule has 0 bridgehead atoms. The van der Waals surface area contributed by atoms with Gasteiger partial charge in [0.2, 0.25) is 0 Å². The average molecular weight is 230 g/mol. The van der Waals surface area contributed by atoms with E-state index in [2.05, 4.69) is 39.0 Å². The molecule has 0 spiro atoms. The molecule has 0 radical (unpaired) electrons. The fourth-order valence-electron chi connectivity index (χ4n) is 1.95. The van der Waals surface area contributed by atoms with Crippen molar-refractivity contribution in [2.24, 2.45) is 0 Å². The minimum absolute atomic E-state index is 0.107. The van der Waals surface area contributed by atoms with Crippen molar-refractivity contribution in [2.45, 2.75) is 32.2 Å². The molecule has 0 aromatic heterocycles. The third-order valence-corrected chi connectivity index (χ3v) is 3.22. The Bertz CT molecular complexity index is 468. The molecule has 0 fully saturated rings. The number of hydrogen-bond acceptors (Lipinski definition) is 3. The largest absolute Gasteiger partial charge is 0.488 e. The molecule has 0 aliphatic carbocycles. The van der Waals surface area contributed by atoms with Gasteiger partial charge in [0.25, 0.3) is 0 Å². The van der Waals surface area contributed by atoms with E-state index in [-0.39, 0.29) is 11.5 Å². The van der Waals surface area contributed by atoms with E-state index in [4.69, 9.17) is 10.00 Å². The number of anilines is 1. The second-order valence-electron chi connectivity index (χ2n) is 5.50. The van der Waals surface area contributed by atoms with Gasteiger partial charge in [-0.25, -0.2) is 0 Å². The van der Waals surface area contributed by atoms with Gasteiger partial charge in [0.05, 0.1) is 11.8 Å². The maximum atomic E-state index is 9.04. The van der Waals surface area contributed by atoms with Crippen LogP contribution >= 0.6 is 0 Å². The van der Waals surface area contributed by atoms with E-state index in [1.165, 1.54) is 5.56 Å². The Balaban J connectivity index is 2.45. The van der Waals surface area contributed by atoms with Gasteiger partial charge in [-0.1, -0.05) is 26.8 Å². The minimum Gasteiger partial charge on any atom is -0.488 e. The van der Waals surface area contributed by atoms with Crippen molar-refractivity contribution in [1.29, 1.82) is 5.26 Å². The predicted molar refractivity (Wildman–Crippen MR) is 68.4 cm³/mol. The van der Waals surface area contributed by atoms with Crippen LogP contribution in [0.4, 0.5) is 5.69 Å². The number of nitriles is 1. The van der Waals surface area contributed by atoms with Crippen LogP contribution in [-0.4, -0.2) is 19.7 Å². The molecule has 0 saturated carbocycles. The highest BCUT2D eigenvalue weighted by atomic mass is 16.5. The van der Waals surface area contributed by atoms with Gasteiger partial charge in [-0.15, -0.1) is 0 Å². The molecule has 1 atom stereocenters. The first-order chi connectivity index (χ1) is 7.93. The molecular formula is C14H18N2O. The van der Waals surface area contributed by atoms with E-state index in [0.29, 0.717) is 6.61 Å². The summed E-state index contributed by atoms with van der Waals surface area (Å²) in [6.07, 6.45) is 0. The van der Waals surface area contributed by atoms with Crippen LogP contribution in [0, 0.1) is 11.3 Å². The number of benzene rings is 1. The van der Waals surface area contributed by atoms with Gasteiger partial charge in [0, 0.05) is 7.05 Å². The summed E-state index contributed by atoms with van der Waals surface area (Å²) < 4.78 is 5.60. The Labute approximate surface area is 103 Å². The lowest BCUT2D eigenvalue weighted by atomic mass is 9.86. The van der Waals surface area contributed by atoms with Gasteiger partial charge in [0.1, 0.15) is 12.4 Å². The molecule has 1 aliphatic heterocycles. The van der Waals surface area contributed by atoms with Crippen molar-refractivity contribution in [3.8, 4) is 11.8 Å². The summed E-state index contributed by atoms with van der Waals surface area (Å²) in [4.78, 5) is 1.99. The Morgan fingerprint density at radius 1 is 1.41 bits per heavy atom. The Hall–Kier alpha value is -1.69. The van der Waals surface area contributed by atoms with Gasteiger partial charge < -0.3 is 9.64 Å². The lowest BCUT2D eigenvalue weighted by Crippen LogP contribution is -2.39. The smallest absolute Gasteiger partial charge is 0.151 e. The predicted octanol–water partition coefficient (Wildman–Crippen LogP) is 2.70. The first-order valence-electron chi connectivity index (χ1n) is 5.83. The van der Waals surface area contributed by atoms with Gasteiger partial charge in [-0.2, -0.15) is 5.26 Å². The summed E-state index contributed by atoms with van der Waals surface area (Å²) in [6, 6.07) is 8.28. The Morgan fingerprint density at radius 2 is 2.12 bits per heavy atom. The minimum atomic E-state index is -0.197. The number of ether oxygens (including phenoxy) is 1. The van der Waals surface area contributed by atoms with Crippen LogP contribution in [-0.2, 0) is 5.41 Å². The number of likely N-dealkylation sites (N-methyl/N-ethyl adjacent to an activating group) is 1. The molecule has 0 saturated heterocycles. The maximum Gasteiger partial charge on any atom is 0.151 e. The molecule has 1 aromatic carbocycles. The number of fused-ring (bicyclic) bond motifs is 1. The molecule has 1 aliphatic rings. The van der Waals surface area contributed by atoms with Gasteiger partial charge >= 0.3 is 0 Å². The molecule has 17 heavy (non-hydrogen) atoms. The van der Waals surface area contributed by atoms with E-state index in [0.717, 1.165) is 11.4 Å². The molecule has 1 heterocycles. The summed E-state index contributed by atoms with van der Waals surface area (Å²) in [5.41, 5.74) is 2.37. The van der Waals surface area contributed by atoms with E-state index in [9.17, 15) is 0 Å². The van der Waals surface area contributed by atoms with Crippen molar-refractivity contribution >= 4 is 5.69 Å². The lowest BCUT2D eigenvalue weighted by Gasteiger charge is -2.33. The monoisotopic (exact) mass is 230 g/mol. The third-order valence-electron chi connectivity index (χ3n) is 3.22. The van der Waals surface area contributed by atoms with Gasteiger partial charge in [0.15, 0.2) is 6.04 Å². The molecule has 3 heteroatoms. The summed E-state index contributed by atoms with van der Waals surface area (Å²) in [5, 5.41) is 9.04. The van der Waals surface area contributed by atoms with Crippen LogP contribution in [0.3, 0.4) is 0 Å². The average Bonchev–Trinajstić information content (AvgIpc) is 2.28. The van der Waals surface area contributed by atoms with Crippen LogP contribution in [0.2, 0.25) is 0 Å². The molecule has 1 aromatic rings. The molecule has 0 amide bonds. The molecule has 0 N–H and O–H groups in total. The highest BCUT2D eigenvalue weighted by molar-refractivity contribution is 5.63. The fourth-order valence-corrected chi connectivity index (χ4v) is 1.95. The van der Waals surface area contributed by atoms with Crippen LogP contribution in [0.25, 0.3) is 0 Å². The highest BCUT2D eigenvalue weighted by Gasteiger charge is 2.26. The second-order valence-corrected chi connectivity index (χ2v) is 5.50. The topological polar surface area (TPSA) is 36.3 Å². The zero-order valence-electron chi connectivity index (χ0n) is 10.8. The zero-order valence-corrected chi connectivity index (χ0v) is 10.8. The van der Waals surface area contributed by atoms with Crippen molar-refractivity contribution < 1.29 is 4.74 Å². The Kier molecular flexibility index (Phi) is 2.74. The number of nitrogens with zero attached hydrogens (tertiary/aromatic N) is 2. The third kappa shape index (κ3) is 2.08. The van der Waals surface area contributed by atoms with Crippen LogP contribution in [0.5, 0.6) is 5.75 Å². The van der Waals surface area contributed by atoms with E-state index in [1.54, 1.807) is 0 Å². The summed E-state index contributed by atoms with van der Waals surface area (Å²) in [5.74, 6) is 0.868. The van der Waals surface area contributed by atoms with Crippen LogP contribution in [0.15, 0.2) is 18.2 Å². The van der Waals surface area contributed by atoms with Crippen LogP contribution < -0.4 is 9.64 Å². The van der Waals surface area contributed by atoms with Gasteiger partial charge in [-0.3, -0.25) is 0 Å². The standard InChI is InChI=1S/C14H18N2O/c1-14(2,3)10-5-6-13-12(7-10)16(4)11(8-15)9-17-13/h5-7,11H,9H2,1-4H3. The van der Waals surface area contributed by atoms with Crippen molar-refractivity contribution in [1.82, 2.24) is 0 Å².